The van der Waals surface area contributed by atoms with E-state index >= 15 is 0 Å². The molecule has 0 aliphatic rings. The molecule has 4 aromatic rings. The monoisotopic (exact) mass is 522 g/mol. The number of aromatic hydroxyl groups is 1. The van der Waals surface area contributed by atoms with Crippen molar-refractivity contribution in [2.45, 2.75) is 13.0 Å². The SMILES string of the molecule is O=C(O)c1cccc(Br)c1OCC(=O)N(CCc1c[nH]c2ccccc12)Cc1ccccc1O. The molecule has 8 heteroatoms. The number of aromatic amines is 1. The summed E-state index contributed by atoms with van der Waals surface area (Å²) in [4.78, 5) is 29.6. The highest BCUT2D eigenvalue weighted by Gasteiger charge is 2.20. The van der Waals surface area contributed by atoms with Gasteiger partial charge in [-0.1, -0.05) is 42.5 Å². The first kappa shape index (κ1) is 23.4. The summed E-state index contributed by atoms with van der Waals surface area (Å²) >= 11 is 3.30. The van der Waals surface area contributed by atoms with Gasteiger partial charge in [0.15, 0.2) is 6.61 Å². The molecule has 0 saturated carbocycles. The van der Waals surface area contributed by atoms with Gasteiger partial charge in [0, 0.05) is 35.8 Å². The summed E-state index contributed by atoms with van der Waals surface area (Å²) in [7, 11) is 0. The molecule has 4 rings (SSSR count). The zero-order valence-corrected chi connectivity index (χ0v) is 19.8. The summed E-state index contributed by atoms with van der Waals surface area (Å²) in [5.74, 6) is -1.26. The smallest absolute Gasteiger partial charge is 0.339 e. The Morgan fingerprint density at radius 3 is 2.53 bits per heavy atom. The number of benzene rings is 3. The van der Waals surface area contributed by atoms with Crippen molar-refractivity contribution >= 4 is 38.7 Å². The van der Waals surface area contributed by atoms with E-state index in [1.54, 1.807) is 41.3 Å². The van der Waals surface area contributed by atoms with Crippen molar-refractivity contribution in [2.24, 2.45) is 0 Å². The molecule has 1 amide bonds. The maximum atomic E-state index is 13.2. The Morgan fingerprint density at radius 1 is 0.971 bits per heavy atom. The van der Waals surface area contributed by atoms with Crippen LogP contribution in [0.1, 0.15) is 21.5 Å². The number of para-hydroxylation sites is 3. The Labute approximate surface area is 204 Å². The van der Waals surface area contributed by atoms with Crippen molar-refractivity contribution in [3.8, 4) is 11.5 Å². The van der Waals surface area contributed by atoms with Gasteiger partial charge in [0.25, 0.3) is 5.91 Å². The van der Waals surface area contributed by atoms with Gasteiger partial charge in [0.05, 0.1) is 4.47 Å². The fourth-order valence-corrected chi connectivity index (χ4v) is 4.27. The summed E-state index contributed by atoms with van der Waals surface area (Å²) < 4.78 is 6.11. The quantitative estimate of drug-likeness (QED) is 0.287. The molecule has 174 valence electrons. The minimum absolute atomic E-state index is 0.0341. The standard InChI is InChI=1S/C26H23BrN2O5/c27-21-9-5-8-20(26(32)33)25(21)34-16-24(31)29(15-18-6-1-4-11-23(18)30)13-12-17-14-28-22-10-3-2-7-19(17)22/h1-11,14,28,30H,12-13,15-16H2,(H,32,33). The van der Waals surface area contributed by atoms with Crippen LogP contribution in [0.4, 0.5) is 0 Å². The van der Waals surface area contributed by atoms with Crippen LogP contribution >= 0.6 is 15.9 Å². The topological polar surface area (TPSA) is 103 Å². The number of carbonyl (C=O) groups is 2. The molecule has 0 bridgehead atoms. The number of nitrogens with one attached hydrogen (secondary N) is 1. The number of carbonyl (C=O) groups excluding carboxylic acids is 1. The lowest BCUT2D eigenvalue weighted by molar-refractivity contribution is -0.134. The van der Waals surface area contributed by atoms with Gasteiger partial charge in [-0.25, -0.2) is 4.79 Å². The number of rotatable bonds is 9. The molecular formula is C26H23BrN2O5. The van der Waals surface area contributed by atoms with Gasteiger partial charge in [0.2, 0.25) is 0 Å². The molecule has 1 aromatic heterocycles. The predicted molar refractivity (Wildman–Crippen MR) is 132 cm³/mol. The molecule has 0 spiro atoms. The molecule has 7 nitrogen and oxygen atoms in total. The van der Waals surface area contributed by atoms with Crippen LogP contribution in [-0.4, -0.2) is 45.1 Å². The highest BCUT2D eigenvalue weighted by atomic mass is 79.9. The second kappa shape index (κ2) is 10.4. The maximum absolute atomic E-state index is 13.2. The van der Waals surface area contributed by atoms with E-state index in [9.17, 15) is 19.8 Å². The van der Waals surface area contributed by atoms with Gasteiger partial charge in [-0.15, -0.1) is 0 Å². The number of hydrogen-bond donors (Lipinski definition) is 3. The molecule has 34 heavy (non-hydrogen) atoms. The fourth-order valence-electron chi connectivity index (χ4n) is 3.79. The Morgan fingerprint density at radius 2 is 1.74 bits per heavy atom. The van der Waals surface area contributed by atoms with Crippen molar-refractivity contribution < 1.29 is 24.5 Å². The Kier molecular flexibility index (Phi) is 7.18. The minimum Gasteiger partial charge on any atom is -0.508 e. The predicted octanol–water partition coefficient (Wildman–Crippen LogP) is 4.98. The van der Waals surface area contributed by atoms with E-state index in [0.29, 0.717) is 23.0 Å². The van der Waals surface area contributed by atoms with Crippen molar-refractivity contribution in [2.75, 3.05) is 13.2 Å². The van der Waals surface area contributed by atoms with Crippen LogP contribution < -0.4 is 4.74 Å². The third-order valence-corrected chi connectivity index (χ3v) is 6.19. The first-order valence-electron chi connectivity index (χ1n) is 10.7. The van der Waals surface area contributed by atoms with Crippen LogP contribution in [0.25, 0.3) is 10.9 Å². The second-order valence-corrected chi connectivity index (χ2v) is 8.62. The van der Waals surface area contributed by atoms with Gasteiger partial charge >= 0.3 is 5.97 Å². The van der Waals surface area contributed by atoms with E-state index in [-0.39, 0.29) is 36.1 Å². The highest BCUT2D eigenvalue weighted by Crippen LogP contribution is 2.29. The molecule has 1 heterocycles. The average Bonchev–Trinajstić information content (AvgIpc) is 3.24. The maximum Gasteiger partial charge on any atom is 0.339 e. The number of H-pyrrole nitrogens is 1. The normalized spacial score (nSPS) is 10.9. The van der Waals surface area contributed by atoms with E-state index in [1.165, 1.54) is 6.07 Å². The van der Waals surface area contributed by atoms with Crippen LogP contribution in [0.5, 0.6) is 11.5 Å². The molecule has 3 aromatic carbocycles. The summed E-state index contributed by atoms with van der Waals surface area (Å²) in [5.41, 5.74) is 2.68. The van der Waals surface area contributed by atoms with Crippen LogP contribution in [0.2, 0.25) is 0 Å². The van der Waals surface area contributed by atoms with Gasteiger partial charge in [0.1, 0.15) is 17.1 Å². The number of aromatic nitrogens is 1. The van der Waals surface area contributed by atoms with Gasteiger partial charge < -0.3 is 24.8 Å². The minimum atomic E-state index is -1.14. The summed E-state index contributed by atoms with van der Waals surface area (Å²) in [6, 6.07) is 19.5. The number of amides is 1. The number of carboxylic acid groups (broad SMARTS) is 1. The Bertz CT molecular complexity index is 1330. The molecule has 0 aliphatic carbocycles. The second-order valence-electron chi connectivity index (χ2n) is 7.76. The number of ether oxygens (including phenoxy) is 1. The summed E-state index contributed by atoms with van der Waals surface area (Å²) in [6.45, 7) is 0.240. The number of aromatic carboxylic acids is 1. The van der Waals surface area contributed by atoms with Crippen LogP contribution in [0.3, 0.4) is 0 Å². The molecule has 0 atom stereocenters. The highest BCUT2D eigenvalue weighted by molar-refractivity contribution is 9.10. The average molecular weight is 523 g/mol. The molecular weight excluding hydrogens is 500 g/mol. The molecule has 0 radical (unpaired) electrons. The molecule has 3 N–H and O–H groups in total. The summed E-state index contributed by atoms with van der Waals surface area (Å²) in [6.07, 6.45) is 2.53. The molecule has 0 saturated heterocycles. The number of hydrogen-bond acceptors (Lipinski definition) is 4. The first-order valence-corrected chi connectivity index (χ1v) is 11.5. The van der Waals surface area contributed by atoms with E-state index in [0.717, 1.165) is 16.5 Å². The number of halogens is 1. The van der Waals surface area contributed by atoms with Gasteiger partial charge in [-0.3, -0.25) is 4.79 Å². The third kappa shape index (κ3) is 5.23. The van der Waals surface area contributed by atoms with Crippen LogP contribution in [0, 0.1) is 0 Å². The zero-order chi connectivity index (χ0) is 24.1. The van der Waals surface area contributed by atoms with E-state index in [4.69, 9.17) is 4.74 Å². The largest absolute Gasteiger partial charge is 0.508 e. The lowest BCUT2D eigenvalue weighted by atomic mass is 10.1. The van der Waals surface area contributed by atoms with E-state index in [2.05, 4.69) is 20.9 Å². The Balaban J connectivity index is 1.53. The van der Waals surface area contributed by atoms with Crippen molar-refractivity contribution in [3.63, 3.8) is 0 Å². The van der Waals surface area contributed by atoms with Gasteiger partial charge in [-0.05, 0) is 52.2 Å². The fraction of sp³-hybridized carbons (Fsp3) is 0.154. The molecule has 0 unspecified atom stereocenters. The first-order chi connectivity index (χ1) is 16.4. The number of nitrogens with zero attached hydrogens (tertiary/aromatic N) is 1. The summed E-state index contributed by atoms with van der Waals surface area (Å²) in [5, 5.41) is 20.8. The number of fused-ring (bicyclic) bond motifs is 1. The van der Waals surface area contributed by atoms with Gasteiger partial charge in [-0.2, -0.15) is 0 Å². The van der Waals surface area contributed by atoms with E-state index < -0.39 is 5.97 Å². The van der Waals surface area contributed by atoms with Crippen molar-refractivity contribution in [1.29, 1.82) is 0 Å². The molecule has 0 fully saturated rings. The molecule has 0 aliphatic heterocycles. The van der Waals surface area contributed by atoms with Crippen LogP contribution in [0.15, 0.2) is 77.4 Å². The van der Waals surface area contributed by atoms with Crippen molar-refractivity contribution in [1.82, 2.24) is 9.88 Å². The number of phenolic OH excluding ortho intramolecular Hbond substituents is 1. The lowest BCUT2D eigenvalue weighted by Crippen LogP contribution is -2.36. The zero-order valence-electron chi connectivity index (χ0n) is 18.2. The number of carboxylic acids is 1. The lowest BCUT2D eigenvalue weighted by Gasteiger charge is -2.24. The third-order valence-electron chi connectivity index (χ3n) is 5.57. The number of phenols is 1. The van der Waals surface area contributed by atoms with Crippen molar-refractivity contribution in [3.05, 3.63) is 94.1 Å². The van der Waals surface area contributed by atoms with E-state index in [1.807, 2.05) is 30.5 Å². The Hall–Kier alpha value is -3.78. The van der Waals surface area contributed by atoms with Crippen LogP contribution in [-0.2, 0) is 17.8 Å².